The summed E-state index contributed by atoms with van der Waals surface area (Å²) in [4.78, 5) is 11.8. The number of aromatic nitrogens is 3. The van der Waals surface area contributed by atoms with Gasteiger partial charge in [0.1, 0.15) is 5.82 Å². The number of aromatic amines is 1. The minimum atomic E-state index is -0.460. The maximum Gasteiger partial charge on any atom is 0.347 e. The minimum Gasteiger partial charge on any atom is -0.392 e. The molecule has 0 aliphatic carbocycles. The minimum absolute atomic E-state index is 0.225. The maximum atomic E-state index is 13.3. The van der Waals surface area contributed by atoms with Gasteiger partial charge >= 0.3 is 5.69 Å². The molecule has 0 saturated carbocycles. The highest BCUT2D eigenvalue weighted by molar-refractivity contribution is 5.33. The van der Waals surface area contributed by atoms with Crippen molar-refractivity contribution in [2.75, 3.05) is 6.54 Å². The Balaban J connectivity index is 2.06. The lowest BCUT2D eigenvalue weighted by Crippen LogP contribution is -2.22. The Kier molecular flexibility index (Phi) is 2.92. The van der Waals surface area contributed by atoms with Crippen LogP contribution in [-0.4, -0.2) is 32.5 Å². The van der Waals surface area contributed by atoms with Gasteiger partial charge in [0.25, 0.3) is 0 Å². The number of aliphatic hydroxyl groups is 1. The van der Waals surface area contributed by atoms with Crippen molar-refractivity contribution in [3.8, 4) is 5.69 Å². The third-order valence-corrected chi connectivity index (χ3v) is 3.18. The zero-order valence-electron chi connectivity index (χ0n) is 10.0. The molecule has 1 aliphatic heterocycles. The Labute approximate surface area is 107 Å². The first kappa shape index (κ1) is 12.1. The normalized spacial score (nSPS) is 22.8. The van der Waals surface area contributed by atoms with E-state index in [1.165, 1.54) is 22.8 Å². The molecular formula is C12H13FN4O2. The van der Waals surface area contributed by atoms with Crippen molar-refractivity contribution < 1.29 is 9.50 Å². The summed E-state index contributed by atoms with van der Waals surface area (Å²) < 4.78 is 14.6. The van der Waals surface area contributed by atoms with Crippen molar-refractivity contribution in [2.24, 2.45) is 0 Å². The van der Waals surface area contributed by atoms with Crippen LogP contribution in [0.25, 0.3) is 5.69 Å². The van der Waals surface area contributed by atoms with Crippen molar-refractivity contribution in [2.45, 2.75) is 18.6 Å². The van der Waals surface area contributed by atoms with Crippen molar-refractivity contribution >= 4 is 0 Å². The Morgan fingerprint density at radius 3 is 3.00 bits per heavy atom. The second kappa shape index (κ2) is 4.60. The zero-order chi connectivity index (χ0) is 13.4. The van der Waals surface area contributed by atoms with Crippen molar-refractivity contribution in [1.82, 2.24) is 20.1 Å². The van der Waals surface area contributed by atoms with Crippen LogP contribution in [-0.2, 0) is 0 Å². The molecule has 19 heavy (non-hydrogen) atoms. The van der Waals surface area contributed by atoms with Gasteiger partial charge in [-0.15, -0.1) is 0 Å². The van der Waals surface area contributed by atoms with Crippen LogP contribution in [0, 0.1) is 5.82 Å². The average Bonchev–Trinajstić information content (AvgIpc) is 2.95. The van der Waals surface area contributed by atoms with E-state index in [-0.39, 0.29) is 6.04 Å². The summed E-state index contributed by atoms with van der Waals surface area (Å²) in [6.45, 7) is 0.453. The molecule has 2 atom stereocenters. The lowest BCUT2D eigenvalue weighted by Gasteiger charge is -2.11. The lowest BCUT2D eigenvalue weighted by atomic mass is 10.2. The Morgan fingerprint density at radius 2 is 2.32 bits per heavy atom. The zero-order valence-corrected chi connectivity index (χ0v) is 10.0. The number of nitrogens with zero attached hydrogens (tertiary/aromatic N) is 2. The smallest absolute Gasteiger partial charge is 0.347 e. The van der Waals surface area contributed by atoms with Gasteiger partial charge in [0.15, 0.2) is 5.82 Å². The SMILES string of the molecule is O=c1[nH]nc([C@@H]2C[C@@H](O)CN2)n1-c1cccc(F)c1. The second-order valence-electron chi connectivity index (χ2n) is 4.55. The molecule has 3 N–H and O–H groups in total. The number of hydrogen-bond acceptors (Lipinski definition) is 4. The van der Waals surface area contributed by atoms with Crippen LogP contribution in [0.1, 0.15) is 18.3 Å². The number of β-amino-alcohol motifs (C(OH)–C–C–N with tert-alkyl or cyclic N) is 1. The van der Waals surface area contributed by atoms with E-state index in [1.54, 1.807) is 6.07 Å². The summed E-state index contributed by atoms with van der Waals surface area (Å²) in [7, 11) is 0. The van der Waals surface area contributed by atoms with Gasteiger partial charge in [-0.05, 0) is 24.6 Å². The largest absolute Gasteiger partial charge is 0.392 e. The van der Waals surface area contributed by atoms with Crippen molar-refractivity contribution in [3.63, 3.8) is 0 Å². The number of aliphatic hydroxyl groups excluding tert-OH is 1. The Bertz CT molecular complexity index is 651. The van der Waals surface area contributed by atoms with Gasteiger partial charge in [-0.2, -0.15) is 5.10 Å². The molecule has 0 radical (unpaired) electrons. The fraction of sp³-hybridized carbons (Fsp3) is 0.333. The highest BCUT2D eigenvalue weighted by Gasteiger charge is 2.28. The number of H-pyrrole nitrogens is 1. The Morgan fingerprint density at radius 1 is 1.47 bits per heavy atom. The molecule has 0 amide bonds. The van der Waals surface area contributed by atoms with Gasteiger partial charge in [0.05, 0.1) is 17.8 Å². The first-order valence-corrected chi connectivity index (χ1v) is 6.00. The van der Waals surface area contributed by atoms with E-state index in [4.69, 9.17) is 0 Å². The summed E-state index contributed by atoms with van der Waals surface area (Å²) in [6, 6.07) is 5.52. The molecule has 2 aromatic rings. The maximum absolute atomic E-state index is 13.3. The molecule has 100 valence electrons. The summed E-state index contributed by atoms with van der Waals surface area (Å²) in [6.07, 6.45) is 0.0114. The van der Waals surface area contributed by atoms with E-state index >= 15 is 0 Å². The van der Waals surface area contributed by atoms with Gasteiger partial charge < -0.3 is 10.4 Å². The average molecular weight is 264 g/mol. The number of halogens is 1. The van der Waals surface area contributed by atoms with Gasteiger partial charge in [-0.25, -0.2) is 18.9 Å². The van der Waals surface area contributed by atoms with E-state index in [2.05, 4.69) is 15.5 Å². The molecular weight excluding hydrogens is 251 g/mol. The number of hydrogen-bond donors (Lipinski definition) is 3. The Hall–Kier alpha value is -1.99. The third-order valence-electron chi connectivity index (χ3n) is 3.18. The summed E-state index contributed by atoms with van der Waals surface area (Å²) in [5.41, 5.74) is -0.0132. The molecule has 0 spiro atoms. The van der Waals surface area contributed by atoms with Crippen LogP contribution in [0.4, 0.5) is 4.39 Å². The van der Waals surface area contributed by atoms with Crippen LogP contribution in [0.15, 0.2) is 29.1 Å². The van der Waals surface area contributed by atoms with Crippen molar-refractivity contribution in [1.29, 1.82) is 0 Å². The van der Waals surface area contributed by atoms with E-state index in [1.807, 2.05) is 0 Å². The van der Waals surface area contributed by atoms with Crippen LogP contribution >= 0.6 is 0 Å². The molecule has 6 nitrogen and oxygen atoms in total. The number of rotatable bonds is 2. The first-order chi connectivity index (χ1) is 9.15. The molecule has 7 heteroatoms. The van der Waals surface area contributed by atoms with Crippen LogP contribution in [0.3, 0.4) is 0 Å². The summed E-state index contributed by atoms with van der Waals surface area (Å²) in [5, 5.41) is 18.9. The topological polar surface area (TPSA) is 82.9 Å². The lowest BCUT2D eigenvalue weighted by molar-refractivity contribution is 0.193. The van der Waals surface area contributed by atoms with Gasteiger partial charge in [-0.3, -0.25) is 0 Å². The predicted octanol–water partition coefficient (Wildman–Crippen LogP) is 0.0950. The highest BCUT2D eigenvalue weighted by atomic mass is 19.1. The number of nitrogens with one attached hydrogen (secondary N) is 2. The quantitative estimate of drug-likeness (QED) is 0.718. The molecule has 1 fully saturated rings. The standard InChI is InChI=1S/C12H13FN4O2/c13-7-2-1-3-8(4-7)17-11(15-16-12(17)19)10-5-9(18)6-14-10/h1-4,9-10,14,18H,5-6H2,(H,16,19)/t9-,10+/m1/s1. The van der Waals surface area contributed by atoms with E-state index in [0.29, 0.717) is 24.5 Å². The first-order valence-electron chi connectivity index (χ1n) is 6.00. The molecule has 3 rings (SSSR count). The summed E-state index contributed by atoms with van der Waals surface area (Å²) in [5.74, 6) is 0.0307. The molecule has 0 bridgehead atoms. The second-order valence-corrected chi connectivity index (χ2v) is 4.55. The molecule has 0 unspecified atom stereocenters. The monoisotopic (exact) mass is 264 g/mol. The molecule has 1 saturated heterocycles. The fourth-order valence-corrected chi connectivity index (χ4v) is 2.32. The van der Waals surface area contributed by atoms with Crippen LogP contribution in [0.5, 0.6) is 0 Å². The fourth-order valence-electron chi connectivity index (χ4n) is 2.32. The van der Waals surface area contributed by atoms with Crippen LogP contribution < -0.4 is 11.0 Å². The van der Waals surface area contributed by atoms with Gasteiger partial charge in [0, 0.05) is 6.54 Å². The van der Waals surface area contributed by atoms with E-state index in [0.717, 1.165) is 0 Å². The molecule has 2 heterocycles. The van der Waals surface area contributed by atoms with E-state index < -0.39 is 17.6 Å². The summed E-state index contributed by atoms with van der Waals surface area (Å²) >= 11 is 0. The van der Waals surface area contributed by atoms with E-state index in [9.17, 15) is 14.3 Å². The third kappa shape index (κ3) is 2.18. The van der Waals surface area contributed by atoms with Crippen LogP contribution in [0.2, 0.25) is 0 Å². The molecule has 1 aromatic carbocycles. The highest BCUT2D eigenvalue weighted by Crippen LogP contribution is 2.22. The van der Waals surface area contributed by atoms with Gasteiger partial charge in [0.2, 0.25) is 0 Å². The van der Waals surface area contributed by atoms with Crippen molar-refractivity contribution in [3.05, 3.63) is 46.4 Å². The predicted molar refractivity (Wildman–Crippen MR) is 65.5 cm³/mol. The molecule has 1 aromatic heterocycles. The molecule has 1 aliphatic rings. The number of benzene rings is 1. The van der Waals surface area contributed by atoms with Gasteiger partial charge in [-0.1, -0.05) is 6.07 Å².